The zero-order valence-electron chi connectivity index (χ0n) is 17.4. The summed E-state index contributed by atoms with van der Waals surface area (Å²) in [4.78, 5) is 36.7. The molecule has 0 saturated heterocycles. The van der Waals surface area contributed by atoms with Crippen LogP contribution in [0.3, 0.4) is 0 Å². The van der Waals surface area contributed by atoms with Crippen molar-refractivity contribution in [2.75, 3.05) is 20.3 Å². The Balaban J connectivity index is 2.98. The summed E-state index contributed by atoms with van der Waals surface area (Å²) in [6.07, 6.45) is 0.623. The van der Waals surface area contributed by atoms with Crippen molar-refractivity contribution in [3.8, 4) is 0 Å². The van der Waals surface area contributed by atoms with Gasteiger partial charge in [-0.2, -0.15) is 0 Å². The summed E-state index contributed by atoms with van der Waals surface area (Å²) in [6.45, 7) is 5.38. The van der Waals surface area contributed by atoms with E-state index in [0.717, 1.165) is 10.9 Å². The third-order valence-electron chi connectivity index (χ3n) is 3.83. The second-order valence-electron chi connectivity index (χ2n) is 6.57. The van der Waals surface area contributed by atoms with Crippen molar-refractivity contribution in [3.05, 3.63) is 35.9 Å². The number of amides is 1. The van der Waals surface area contributed by atoms with E-state index in [0.29, 0.717) is 6.42 Å². The van der Waals surface area contributed by atoms with Gasteiger partial charge in [-0.05, 0) is 31.2 Å². The van der Waals surface area contributed by atoms with Crippen LogP contribution in [-0.2, 0) is 30.3 Å². The predicted molar refractivity (Wildman–Crippen MR) is 102 cm³/mol. The Morgan fingerprint density at radius 3 is 2.37 bits per heavy atom. The van der Waals surface area contributed by atoms with Gasteiger partial charge in [0.15, 0.2) is 0 Å². The van der Waals surface area contributed by atoms with Crippen LogP contribution in [0.4, 0.5) is 0 Å². The molecule has 0 unspecified atom stereocenters. The summed E-state index contributed by atoms with van der Waals surface area (Å²) in [7, 11) is 1.26. The molecular weight excluding hydrogens is 348 g/mol. The van der Waals surface area contributed by atoms with Crippen LogP contribution in [0.25, 0.3) is 0 Å². The third-order valence-corrected chi connectivity index (χ3v) is 3.83. The Kier molecular flexibility index (Phi) is 9.34. The number of esters is 2. The molecule has 1 aromatic carbocycles. The molecule has 1 rings (SSSR count). The van der Waals surface area contributed by atoms with Crippen molar-refractivity contribution >= 4 is 17.8 Å². The lowest BCUT2D eigenvalue weighted by molar-refractivity contribution is -0.146. The summed E-state index contributed by atoms with van der Waals surface area (Å²) in [5.41, 5.74) is 0.835. The molecule has 1 aromatic rings. The molecule has 0 spiro atoms. The molecule has 0 radical (unpaired) electrons. The fourth-order valence-corrected chi connectivity index (χ4v) is 2.56. The number of methoxy groups -OCH3 is 1. The van der Waals surface area contributed by atoms with Gasteiger partial charge in [0.25, 0.3) is 0 Å². The normalized spacial score (nSPS) is 13.6. The number of hydrogen-bond acceptors (Lipinski definition) is 6. The number of carbonyl (C=O) groups excluding carboxylic acids is 3. The van der Waals surface area contributed by atoms with Crippen molar-refractivity contribution in [1.82, 2.24) is 10.6 Å². The number of nitrogens with one attached hydrogen (secondary N) is 2. The monoisotopic (exact) mass is 379 g/mol. The second-order valence-corrected chi connectivity index (χ2v) is 6.57. The highest BCUT2D eigenvalue weighted by molar-refractivity contribution is 5.88. The zero-order chi connectivity index (χ0) is 21.1. The van der Waals surface area contributed by atoms with E-state index >= 15 is 0 Å². The molecule has 1 amide bonds. The van der Waals surface area contributed by atoms with E-state index in [-0.39, 0.29) is 25.5 Å². The van der Waals surface area contributed by atoms with Gasteiger partial charge in [-0.15, -0.1) is 0 Å². The molecule has 0 heterocycles. The highest BCUT2D eigenvalue weighted by Gasteiger charge is 2.27. The number of benzene rings is 1. The van der Waals surface area contributed by atoms with Crippen LogP contribution in [0.5, 0.6) is 0 Å². The van der Waals surface area contributed by atoms with Gasteiger partial charge >= 0.3 is 11.9 Å². The average Bonchev–Trinajstić information content (AvgIpc) is 2.65. The molecule has 0 fully saturated rings. The van der Waals surface area contributed by atoms with Crippen molar-refractivity contribution < 1.29 is 25.3 Å². The number of rotatable bonds is 11. The SMILES string of the molecule is [2H]N(CC(=O)OCC)[C@@H](Cc1ccccc1)C(=O)N[C@@H](CC(C)C)C(=O)OC. The molecule has 0 aliphatic rings. The van der Waals surface area contributed by atoms with Gasteiger partial charge in [0.05, 0.1) is 26.3 Å². The minimum Gasteiger partial charge on any atom is -0.467 e. The summed E-state index contributed by atoms with van der Waals surface area (Å²) in [5, 5.41) is 3.57. The first kappa shape index (κ1) is 20.9. The Hall–Kier alpha value is -2.41. The topological polar surface area (TPSA) is 93.7 Å². The lowest BCUT2D eigenvalue weighted by Crippen LogP contribution is -2.52. The Morgan fingerprint density at radius 1 is 1.15 bits per heavy atom. The van der Waals surface area contributed by atoms with Crippen LogP contribution in [0.15, 0.2) is 30.3 Å². The van der Waals surface area contributed by atoms with Crippen molar-refractivity contribution in [2.24, 2.45) is 5.92 Å². The first-order valence-electron chi connectivity index (χ1n) is 9.56. The van der Waals surface area contributed by atoms with Crippen molar-refractivity contribution in [3.63, 3.8) is 0 Å². The lowest BCUT2D eigenvalue weighted by Gasteiger charge is -2.23. The van der Waals surface area contributed by atoms with E-state index in [2.05, 4.69) is 5.32 Å². The van der Waals surface area contributed by atoms with Gasteiger partial charge in [-0.3, -0.25) is 14.9 Å². The summed E-state index contributed by atoms with van der Waals surface area (Å²) in [6, 6.07) is 7.41. The minimum atomic E-state index is -0.967. The highest BCUT2D eigenvalue weighted by Crippen LogP contribution is 2.08. The predicted octanol–water partition coefficient (Wildman–Crippen LogP) is 1.45. The van der Waals surface area contributed by atoms with Gasteiger partial charge < -0.3 is 14.8 Å². The van der Waals surface area contributed by atoms with Gasteiger partial charge in [0.2, 0.25) is 5.91 Å². The van der Waals surface area contributed by atoms with Gasteiger partial charge in [-0.25, -0.2) is 4.79 Å². The molecule has 27 heavy (non-hydrogen) atoms. The first-order valence-corrected chi connectivity index (χ1v) is 9.11. The molecule has 0 aliphatic heterocycles. The van der Waals surface area contributed by atoms with E-state index in [4.69, 9.17) is 10.9 Å². The van der Waals surface area contributed by atoms with Crippen LogP contribution < -0.4 is 10.6 Å². The van der Waals surface area contributed by atoms with Gasteiger partial charge in [-0.1, -0.05) is 44.2 Å². The van der Waals surface area contributed by atoms with Crippen LogP contribution in [0.1, 0.15) is 32.8 Å². The Labute approximate surface area is 162 Å². The highest BCUT2D eigenvalue weighted by atomic mass is 16.5. The Bertz CT molecular complexity index is 639. The molecule has 7 nitrogen and oxygen atoms in total. The quantitative estimate of drug-likeness (QED) is 0.565. The lowest BCUT2D eigenvalue weighted by atomic mass is 10.0. The second kappa shape index (κ2) is 12.1. The number of hydrogen-bond donors (Lipinski definition) is 2. The van der Waals surface area contributed by atoms with E-state index in [1.54, 1.807) is 6.92 Å². The zero-order valence-corrected chi connectivity index (χ0v) is 16.4. The molecule has 0 aliphatic carbocycles. The Morgan fingerprint density at radius 2 is 1.81 bits per heavy atom. The maximum Gasteiger partial charge on any atom is 0.328 e. The van der Waals surface area contributed by atoms with Gasteiger partial charge in [0.1, 0.15) is 7.45 Å². The van der Waals surface area contributed by atoms with Crippen LogP contribution in [-0.4, -0.2) is 50.2 Å². The van der Waals surface area contributed by atoms with Crippen LogP contribution >= 0.6 is 0 Å². The maximum atomic E-state index is 12.9. The van der Waals surface area contributed by atoms with E-state index in [9.17, 15) is 14.4 Å². The van der Waals surface area contributed by atoms with E-state index in [1.165, 1.54) is 7.11 Å². The van der Waals surface area contributed by atoms with Crippen molar-refractivity contribution in [2.45, 2.75) is 45.7 Å². The fourth-order valence-electron chi connectivity index (χ4n) is 2.56. The van der Waals surface area contributed by atoms with Crippen molar-refractivity contribution in [1.29, 1.82) is 0 Å². The first-order chi connectivity index (χ1) is 13.3. The number of ether oxygens (including phenoxy) is 2. The number of carbonyl (C=O) groups is 3. The van der Waals surface area contributed by atoms with Crippen LogP contribution in [0, 0.1) is 5.92 Å². The minimum absolute atomic E-state index is 0.156. The summed E-state index contributed by atoms with van der Waals surface area (Å²) in [5.74, 6) is -1.49. The van der Waals surface area contributed by atoms with Crippen LogP contribution in [0.2, 0.25) is 1.41 Å². The smallest absolute Gasteiger partial charge is 0.328 e. The molecule has 7 heteroatoms. The maximum absolute atomic E-state index is 12.9. The van der Waals surface area contributed by atoms with E-state index < -0.39 is 29.9 Å². The molecule has 2 atom stereocenters. The molecule has 2 N–H and O–H groups in total. The summed E-state index contributed by atoms with van der Waals surface area (Å²) < 4.78 is 17.9. The molecule has 0 bridgehead atoms. The standard InChI is InChI=1S/C20H30N2O5/c1-5-27-18(23)13-21-16(12-15-9-7-6-8-10-15)19(24)22-17(11-14(2)3)20(25)26-4/h6-10,14,16-17,21H,5,11-13H2,1-4H3,(H,22,24)/t16-,17-/m0/s1/i/hD. The fraction of sp³-hybridized carbons (Fsp3) is 0.550. The molecule has 0 saturated carbocycles. The largest absolute Gasteiger partial charge is 0.467 e. The average molecular weight is 379 g/mol. The molecule has 0 aromatic heterocycles. The molecule has 150 valence electrons. The summed E-state index contributed by atoms with van der Waals surface area (Å²) >= 11 is 0. The molecular formula is C20H30N2O5. The van der Waals surface area contributed by atoms with E-state index in [1.807, 2.05) is 44.2 Å². The van der Waals surface area contributed by atoms with Gasteiger partial charge in [0, 0.05) is 0 Å². The third kappa shape index (κ3) is 8.68.